The highest BCUT2D eigenvalue weighted by molar-refractivity contribution is 7.17. The molecule has 4 rings (SSSR count). The third-order valence-corrected chi connectivity index (χ3v) is 5.88. The van der Waals surface area contributed by atoms with Crippen LogP contribution in [0, 0.1) is 13.8 Å². The Morgan fingerprint density at radius 1 is 0.900 bits per heavy atom. The van der Waals surface area contributed by atoms with Crippen LogP contribution in [0.2, 0.25) is 0 Å². The van der Waals surface area contributed by atoms with Crippen molar-refractivity contribution in [2.24, 2.45) is 0 Å². The number of aryl methyl sites for hydroxylation is 2. The fraction of sp³-hybridized carbons (Fsp3) is 0.250. The Labute approximate surface area is 180 Å². The average Bonchev–Trinajstić information content (AvgIpc) is 3.18. The van der Waals surface area contributed by atoms with Gasteiger partial charge in [0.25, 0.3) is 0 Å². The van der Waals surface area contributed by atoms with Crippen LogP contribution in [0.5, 0.6) is 11.5 Å². The first-order valence-electron chi connectivity index (χ1n) is 10.1. The molecule has 0 atom stereocenters. The number of hydrogen-bond acceptors (Lipinski definition) is 6. The number of nitrogens with zero attached hydrogens (tertiary/aromatic N) is 2. The summed E-state index contributed by atoms with van der Waals surface area (Å²) in [5.41, 5.74) is 5.75. The summed E-state index contributed by atoms with van der Waals surface area (Å²) in [5.74, 6) is 2.24. The molecule has 6 heteroatoms. The number of ether oxygens (including phenoxy) is 2. The lowest BCUT2D eigenvalue weighted by Crippen LogP contribution is -2.00. The van der Waals surface area contributed by atoms with E-state index in [0.717, 1.165) is 33.0 Å². The number of anilines is 2. The Balaban J connectivity index is 1.76. The molecule has 154 valence electrons. The molecule has 0 saturated heterocycles. The van der Waals surface area contributed by atoms with E-state index in [1.165, 1.54) is 16.7 Å². The molecular formula is C24H25N3O2S. The van der Waals surface area contributed by atoms with E-state index in [2.05, 4.69) is 52.7 Å². The van der Waals surface area contributed by atoms with E-state index in [4.69, 9.17) is 9.47 Å². The summed E-state index contributed by atoms with van der Waals surface area (Å²) in [4.78, 5) is 9.98. The second-order valence-electron chi connectivity index (χ2n) is 7.00. The van der Waals surface area contributed by atoms with Gasteiger partial charge in [0, 0.05) is 22.7 Å². The SMILES string of the molecule is CCOc1ccc(Nc2ncnc3scc(-c4ccc(C)c(C)c4)c23)cc1OCC. The highest BCUT2D eigenvalue weighted by Crippen LogP contribution is 2.39. The largest absolute Gasteiger partial charge is 0.490 e. The molecule has 30 heavy (non-hydrogen) atoms. The number of aromatic nitrogens is 2. The van der Waals surface area contributed by atoms with E-state index in [1.807, 2.05) is 32.0 Å². The third kappa shape index (κ3) is 3.96. The standard InChI is InChI=1S/C24H25N3O2S/c1-5-28-20-10-9-18(12-21(20)29-6-2)27-23-22-19(13-30-24(22)26-14-25-23)17-8-7-15(3)16(4)11-17/h7-14H,5-6H2,1-4H3,(H,25,26,27). The van der Waals surface area contributed by atoms with Crippen LogP contribution in [-0.2, 0) is 0 Å². The van der Waals surface area contributed by atoms with Gasteiger partial charge in [-0.25, -0.2) is 9.97 Å². The number of fused-ring (bicyclic) bond motifs is 1. The molecule has 0 aliphatic heterocycles. The summed E-state index contributed by atoms with van der Waals surface area (Å²) in [7, 11) is 0. The molecule has 5 nitrogen and oxygen atoms in total. The van der Waals surface area contributed by atoms with Crippen molar-refractivity contribution in [3.63, 3.8) is 0 Å². The van der Waals surface area contributed by atoms with Crippen LogP contribution in [0.4, 0.5) is 11.5 Å². The van der Waals surface area contributed by atoms with Crippen LogP contribution in [-0.4, -0.2) is 23.2 Å². The van der Waals surface area contributed by atoms with Gasteiger partial charge in [-0.1, -0.05) is 18.2 Å². The summed E-state index contributed by atoms with van der Waals surface area (Å²) in [6.07, 6.45) is 1.60. The highest BCUT2D eigenvalue weighted by atomic mass is 32.1. The van der Waals surface area contributed by atoms with Crippen LogP contribution in [0.1, 0.15) is 25.0 Å². The zero-order chi connectivity index (χ0) is 21.1. The molecule has 2 aromatic carbocycles. The van der Waals surface area contributed by atoms with E-state index in [1.54, 1.807) is 17.7 Å². The van der Waals surface area contributed by atoms with Crippen molar-refractivity contribution in [2.75, 3.05) is 18.5 Å². The minimum Gasteiger partial charge on any atom is -0.490 e. The number of hydrogen-bond donors (Lipinski definition) is 1. The fourth-order valence-electron chi connectivity index (χ4n) is 3.36. The maximum atomic E-state index is 5.76. The second kappa shape index (κ2) is 8.71. The Hall–Kier alpha value is -3.12. The van der Waals surface area contributed by atoms with Crippen LogP contribution < -0.4 is 14.8 Å². The smallest absolute Gasteiger partial charge is 0.163 e. The minimum atomic E-state index is 0.572. The zero-order valence-electron chi connectivity index (χ0n) is 17.7. The molecule has 2 aromatic heterocycles. The maximum Gasteiger partial charge on any atom is 0.163 e. The van der Waals surface area contributed by atoms with Gasteiger partial charge >= 0.3 is 0 Å². The summed E-state index contributed by atoms with van der Waals surface area (Å²) < 4.78 is 11.4. The number of rotatable bonds is 7. The van der Waals surface area contributed by atoms with Crippen molar-refractivity contribution < 1.29 is 9.47 Å². The molecule has 0 amide bonds. The molecule has 0 aliphatic carbocycles. The van der Waals surface area contributed by atoms with Gasteiger partial charge < -0.3 is 14.8 Å². The van der Waals surface area contributed by atoms with E-state index in [-0.39, 0.29) is 0 Å². The van der Waals surface area contributed by atoms with Crippen molar-refractivity contribution in [3.05, 3.63) is 59.2 Å². The van der Waals surface area contributed by atoms with Crippen molar-refractivity contribution in [1.82, 2.24) is 9.97 Å². The average molecular weight is 420 g/mol. The minimum absolute atomic E-state index is 0.572. The molecule has 0 saturated carbocycles. The molecule has 0 fully saturated rings. The van der Waals surface area contributed by atoms with Crippen molar-refractivity contribution >= 4 is 33.1 Å². The van der Waals surface area contributed by atoms with Gasteiger partial charge in [0.05, 0.1) is 18.6 Å². The predicted molar refractivity (Wildman–Crippen MR) is 124 cm³/mol. The van der Waals surface area contributed by atoms with E-state index >= 15 is 0 Å². The third-order valence-electron chi connectivity index (χ3n) is 4.99. The lowest BCUT2D eigenvalue weighted by molar-refractivity contribution is 0.288. The summed E-state index contributed by atoms with van der Waals surface area (Å²) in [6.45, 7) is 9.35. The topological polar surface area (TPSA) is 56.3 Å². The summed E-state index contributed by atoms with van der Waals surface area (Å²) >= 11 is 1.63. The quantitative estimate of drug-likeness (QED) is 0.370. The van der Waals surface area contributed by atoms with E-state index in [9.17, 15) is 0 Å². The molecule has 0 aliphatic rings. The van der Waals surface area contributed by atoms with Gasteiger partial charge in [-0.15, -0.1) is 11.3 Å². The normalized spacial score (nSPS) is 10.9. The molecule has 0 spiro atoms. The van der Waals surface area contributed by atoms with Gasteiger partial charge in [0.2, 0.25) is 0 Å². The molecular weight excluding hydrogens is 394 g/mol. The summed E-state index contributed by atoms with van der Waals surface area (Å²) in [6, 6.07) is 12.4. The van der Waals surface area contributed by atoms with Gasteiger partial charge in [-0.2, -0.15) is 0 Å². The molecule has 0 unspecified atom stereocenters. The second-order valence-corrected chi connectivity index (χ2v) is 7.86. The number of nitrogens with one attached hydrogen (secondary N) is 1. The first kappa shape index (κ1) is 20.2. The van der Waals surface area contributed by atoms with Crippen LogP contribution >= 0.6 is 11.3 Å². The Kier molecular flexibility index (Phi) is 5.86. The van der Waals surface area contributed by atoms with Gasteiger partial charge in [-0.05, 0) is 56.5 Å². The van der Waals surface area contributed by atoms with Crippen molar-refractivity contribution in [3.8, 4) is 22.6 Å². The number of thiophene rings is 1. The van der Waals surface area contributed by atoms with E-state index in [0.29, 0.717) is 19.0 Å². The molecule has 0 radical (unpaired) electrons. The predicted octanol–water partition coefficient (Wildman–Crippen LogP) is 6.52. The van der Waals surface area contributed by atoms with Crippen molar-refractivity contribution in [2.45, 2.75) is 27.7 Å². The van der Waals surface area contributed by atoms with Gasteiger partial charge in [0.15, 0.2) is 11.5 Å². The van der Waals surface area contributed by atoms with Crippen LogP contribution in [0.15, 0.2) is 48.1 Å². The molecule has 2 heterocycles. The van der Waals surface area contributed by atoms with E-state index < -0.39 is 0 Å². The molecule has 1 N–H and O–H groups in total. The monoisotopic (exact) mass is 419 g/mol. The fourth-order valence-corrected chi connectivity index (χ4v) is 4.27. The Morgan fingerprint density at radius 2 is 1.70 bits per heavy atom. The van der Waals surface area contributed by atoms with Crippen LogP contribution in [0.25, 0.3) is 21.3 Å². The molecule has 0 bridgehead atoms. The van der Waals surface area contributed by atoms with Crippen molar-refractivity contribution in [1.29, 1.82) is 0 Å². The lowest BCUT2D eigenvalue weighted by Gasteiger charge is -2.14. The first-order valence-corrected chi connectivity index (χ1v) is 10.9. The Morgan fingerprint density at radius 3 is 2.47 bits per heavy atom. The maximum absolute atomic E-state index is 5.76. The Bertz CT molecular complexity index is 1190. The van der Waals surface area contributed by atoms with Crippen LogP contribution in [0.3, 0.4) is 0 Å². The first-order chi connectivity index (χ1) is 14.6. The zero-order valence-corrected chi connectivity index (χ0v) is 18.5. The van der Waals surface area contributed by atoms with Gasteiger partial charge in [0.1, 0.15) is 17.0 Å². The highest BCUT2D eigenvalue weighted by Gasteiger charge is 2.15. The number of benzene rings is 2. The van der Waals surface area contributed by atoms with Gasteiger partial charge in [-0.3, -0.25) is 0 Å². The molecule has 4 aromatic rings. The lowest BCUT2D eigenvalue weighted by atomic mass is 10.0. The summed E-state index contributed by atoms with van der Waals surface area (Å²) in [5, 5.41) is 6.63.